The average Bonchev–Trinajstić information content (AvgIpc) is 3.08. The van der Waals surface area contributed by atoms with Crippen LogP contribution < -0.4 is 0 Å². The van der Waals surface area contributed by atoms with Crippen molar-refractivity contribution in [3.8, 4) is 0 Å². The van der Waals surface area contributed by atoms with Crippen molar-refractivity contribution in [1.29, 1.82) is 0 Å². The summed E-state index contributed by atoms with van der Waals surface area (Å²) >= 11 is 2.13. The highest BCUT2D eigenvalue weighted by molar-refractivity contribution is 14.1. The van der Waals surface area contributed by atoms with E-state index in [1.54, 1.807) is 12.1 Å². The molecule has 0 bridgehead atoms. The van der Waals surface area contributed by atoms with E-state index in [-0.39, 0.29) is 5.82 Å². The molecule has 2 aromatic rings. The Morgan fingerprint density at radius 3 is 2.62 bits per heavy atom. The molecule has 0 saturated carbocycles. The first-order valence-corrected chi connectivity index (χ1v) is 8.89. The van der Waals surface area contributed by atoms with Gasteiger partial charge in [-0.15, -0.1) is 5.56 Å². The second kappa shape index (κ2) is 5.72. The Bertz CT molecular complexity index is 722. The SMILES string of the molecule is COP1(=O)OC(c2ccc[cH-]2)C(I)=C1c1ccc(F)cc1. The molecule has 0 amide bonds. The summed E-state index contributed by atoms with van der Waals surface area (Å²) in [5, 5.41) is 0.511. The van der Waals surface area contributed by atoms with Crippen molar-refractivity contribution in [2.24, 2.45) is 0 Å². The number of hydrogen-bond donors (Lipinski definition) is 0. The number of benzene rings is 1. The van der Waals surface area contributed by atoms with E-state index in [1.165, 1.54) is 19.2 Å². The lowest BCUT2D eigenvalue weighted by molar-refractivity contribution is 0.214. The molecule has 0 spiro atoms. The van der Waals surface area contributed by atoms with E-state index >= 15 is 0 Å². The molecule has 110 valence electrons. The number of hydrogen-bond acceptors (Lipinski definition) is 3. The minimum absolute atomic E-state index is 0.340. The number of halogens is 2. The summed E-state index contributed by atoms with van der Waals surface area (Å²) in [6, 6.07) is 13.5. The van der Waals surface area contributed by atoms with Gasteiger partial charge in [-0.2, -0.15) is 12.1 Å². The molecular weight excluding hydrogens is 405 g/mol. The summed E-state index contributed by atoms with van der Waals surface area (Å²) in [6.45, 7) is 0. The molecule has 3 rings (SSSR count). The van der Waals surface area contributed by atoms with Crippen LogP contribution in [0, 0.1) is 5.82 Å². The molecule has 0 radical (unpaired) electrons. The molecule has 0 aromatic heterocycles. The summed E-state index contributed by atoms with van der Waals surface area (Å²) in [5.41, 5.74) is 1.58. The molecule has 2 atom stereocenters. The summed E-state index contributed by atoms with van der Waals surface area (Å²) in [5.74, 6) is -0.340. The Labute approximate surface area is 135 Å². The highest BCUT2D eigenvalue weighted by Gasteiger charge is 2.43. The van der Waals surface area contributed by atoms with E-state index in [1.807, 2.05) is 24.3 Å². The summed E-state index contributed by atoms with van der Waals surface area (Å²) in [4.78, 5) is 0. The largest absolute Gasteiger partial charge is 0.363 e. The summed E-state index contributed by atoms with van der Waals surface area (Å²) < 4.78 is 37.7. The first kappa shape index (κ1) is 15.0. The van der Waals surface area contributed by atoms with Crippen LogP contribution in [-0.4, -0.2) is 7.11 Å². The molecule has 0 saturated heterocycles. The molecule has 3 nitrogen and oxygen atoms in total. The third-order valence-corrected chi connectivity index (χ3v) is 6.87. The van der Waals surface area contributed by atoms with Gasteiger partial charge in [-0.1, -0.05) is 12.1 Å². The molecule has 1 aliphatic rings. The zero-order valence-corrected chi connectivity index (χ0v) is 14.2. The third-order valence-electron chi connectivity index (χ3n) is 3.32. The van der Waals surface area contributed by atoms with Gasteiger partial charge in [-0.05, 0) is 40.3 Å². The Morgan fingerprint density at radius 1 is 1.33 bits per heavy atom. The molecule has 0 aliphatic carbocycles. The third kappa shape index (κ3) is 2.63. The molecule has 6 heteroatoms. The zero-order chi connectivity index (χ0) is 15.0. The predicted octanol–water partition coefficient (Wildman–Crippen LogP) is 5.26. The van der Waals surface area contributed by atoms with Crippen LogP contribution in [0.1, 0.15) is 17.2 Å². The van der Waals surface area contributed by atoms with Gasteiger partial charge in [0.2, 0.25) is 0 Å². The van der Waals surface area contributed by atoms with Crippen molar-refractivity contribution in [3.05, 3.63) is 69.1 Å². The maximum atomic E-state index is 13.1. The fourth-order valence-corrected chi connectivity index (χ4v) is 5.91. The van der Waals surface area contributed by atoms with Crippen LogP contribution in [0.2, 0.25) is 0 Å². The highest BCUT2D eigenvalue weighted by Crippen LogP contribution is 2.71. The lowest BCUT2D eigenvalue weighted by Crippen LogP contribution is -1.95. The summed E-state index contributed by atoms with van der Waals surface area (Å²) in [6.07, 6.45) is -0.411. The second-order valence-corrected chi connectivity index (χ2v) is 7.77. The fraction of sp³-hybridized carbons (Fsp3) is 0.133. The minimum Gasteiger partial charge on any atom is -0.309 e. The normalized spacial score (nSPS) is 25.6. The molecule has 0 fully saturated rings. The van der Waals surface area contributed by atoms with E-state index in [9.17, 15) is 8.96 Å². The fourth-order valence-electron chi connectivity index (χ4n) is 2.30. The Hall–Kier alpha value is -0.880. The molecule has 1 heterocycles. The van der Waals surface area contributed by atoms with Gasteiger partial charge in [0.1, 0.15) is 11.9 Å². The minimum atomic E-state index is -3.40. The Kier molecular flexibility index (Phi) is 4.10. The molecule has 2 unspecified atom stereocenters. The van der Waals surface area contributed by atoms with E-state index in [4.69, 9.17) is 9.05 Å². The molecule has 2 aromatic carbocycles. The Balaban J connectivity index is 2.13. The smallest absolute Gasteiger partial charge is 0.309 e. The van der Waals surface area contributed by atoms with E-state index in [0.29, 0.717) is 10.9 Å². The Morgan fingerprint density at radius 2 is 2.05 bits per heavy atom. The monoisotopic (exact) mass is 417 g/mol. The maximum Gasteiger partial charge on any atom is 0.363 e. The van der Waals surface area contributed by atoms with Crippen LogP contribution in [0.15, 0.2) is 52.1 Å². The lowest BCUT2D eigenvalue weighted by atomic mass is 10.1. The maximum absolute atomic E-state index is 13.1. The van der Waals surface area contributed by atoms with Crippen LogP contribution in [0.25, 0.3) is 5.31 Å². The van der Waals surface area contributed by atoms with Crippen molar-refractivity contribution in [2.75, 3.05) is 7.11 Å². The molecule has 1 aliphatic heterocycles. The van der Waals surface area contributed by atoms with Crippen LogP contribution in [-0.2, 0) is 13.6 Å². The van der Waals surface area contributed by atoms with Crippen LogP contribution >= 0.6 is 30.2 Å². The lowest BCUT2D eigenvalue weighted by Gasteiger charge is -2.16. The van der Waals surface area contributed by atoms with E-state index in [0.717, 1.165) is 9.14 Å². The van der Waals surface area contributed by atoms with Gasteiger partial charge in [0, 0.05) is 10.7 Å². The van der Waals surface area contributed by atoms with Gasteiger partial charge in [0.05, 0.1) is 5.31 Å². The quantitative estimate of drug-likeness (QED) is 0.389. The van der Waals surface area contributed by atoms with Crippen LogP contribution in [0.4, 0.5) is 4.39 Å². The second-order valence-electron chi connectivity index (χ2n) is 4.59. The predicted molar refractivity (Wildman–Crippen MR) is 87.8 cm³/mol. The van der Waals surface area contributed by atoms with Crippen molar-refractivity contribution in [2.45, 2.75) is 6.10 Å². The standard InChI is InChI=1S/C15H12FIO3P/c1-19-21(18)15(11-6-8-12(16)9-7-11)13(17)14(20-21)10-4-2-3-5-10/h2-9,14H,1H3/q-1. The van der Waals surface area contributed by atoms with Gasteiger partial charge in [0.15, 0.2) is 0 Å². The van der Waals surface area contributed by atoms with E-state index in [2.05, 4.69) is 22.6 Å². The van der Waals surface area contributed by atoms with Gasteiger partial charge in [-0.3, -0.25) is 9.09 Å². The summed E-state index contributed by atoms with van der Waals surface area (Å²) in [7, 11) is -2.04. The van der Waals surface area contributed by atoms with Gasteiger partial charge in [-0.25, -0.2) is 16.5 Å². The van der Waals surface area contributed by atoms with Crippen molar-refractivity contribution in [1.82, 2.24) is 0 Å². The zero-order valence-electron chi connectivity index (χ0n) is 11.1. The molecule has 21 heavy (non-hydrogen) atoms. The van der Waals surface area contributed by atoms with Crippen molar-refractivity contribution in [3.63, 3.8) is 0 Å². The topological polar surface area (TPSA) is 35.5 Å². The average molecular weight is 417 g/mol. The van der Waals surface area contributed by atoms with Gasteiger partial charge < -0.3 is 4.52 Å². The van der Waals surface area contributed by atoms with Crippen LogP contribution in [0.5, 0.6) is 0 Å². The van der Waals surface area contributed by atoms with Crippen molar-refractivity contribution >= 4 is 35.5 Å². The van der Waals surface area contributed by atoms with Crippen molar-refractivity contribution < 1.29 is 18.0 Å². The molecule has 0 N–H and O–H groups in total. The van der Waals surface area contributed by atoms with Crippen LogP contribution in [0.3, 0.4) is 0 Å². The van der Waals surface area contributed by atoms with E-state index < -0.39 is 13.7 Å². The van der Waals surface area contributed by atoms with Gasteiger partial charge in [0.25, 0.3) is 0 Å². The highest BCUT2D eigenvalue weighted by atomic mass is 127. The first-order valence-electron chi connectivity index (χ1n) is 6.27. The first-order chi connectivity index (χ1) is 10.0. The number of rotatable bonds is 3. The molecular formula is C15H12FIO3P-. The van der Waals surface area contributed by atoms with Gasteiger partial charge >= 0.3 is 7.60 Å².